The fraction of sp³-hybridized carbons (Fsp3) is 0.500. The van der Waals surface area contributed by atoms with Crippen LogP contribution in [0.25, 0.3) is 0 Å². The molecule has 0 aliphatic heterocycles. The second kappa shape index (κ2) is 5.22. The molecule has 0 aliphatic rings. The number of aliphatic hydroxyl groups excluding tert-OH is 1. The smallest absolute Gasteiger partial charge is 0.0990 e. The number of rotatable bonds is 4. The lowest BCUT2D eigenvalue weighted by Gasteiger charge is -2.08. The molecule has 78 valence electrons. The number of aryl methyl sites for hydroxylation is 1. The van der Waals surface area contributed by atoms with E-state index in [1.807, 2.05) is 19.9 Å². The van der Waals surface area contributed by atoms with Gasteiger partial charge in [-0.25, -0.2) is 4.98 Å². The summed E-state index contributed by atoms with van der Waals surface area (Å²) in [5, 5.41) is 9.87. The van der Waals surface area contributed by atoms with E-state index < -0.39 is 0 Å². The Bertz CT molecular complexity index is 304. The van der Waals surface area contributed by atoms with Crippen LogP contribution in [0.2, 0.25) is 0 Å². The van der Waals surface area contributed by atoms with E-state index in [0.717, 1.165) is 16.3 Å². The number of aromatic nitrogens is 1. The second-order valence-electron chi connectivity index (χ2n) is 3.49. The van der Waals surface area contributed by atoms with Gasteiger partial charge in [-0.2, -0.15) is 0 Å². The zero-order valence-electron chi connectivity index (χ0n) is 8.53. The summed E-state index contributed by atoms with van der Waals surface area (Å²) < 4.78 is 0. The molecule has 14 heavy (non-hydrogen) atoms. The van der Waals surface area contributed by atoms with Crippen LogP contribution in [-0.2, 0) is 0 Å². The lowest BCUT2D eigenvalue weighted by Crippen LogP contribution is -2.04. The molecule has 1 heterocycles. The molecule has 0 amide bonds. The van der Waals surface area contributed by atoms with E-state index in [1.54, 1.807) is 18.0 Å². The van der Waals surface area contributed by atoms with Crippen molar-refractivity contribution in [3.63, 3.8) is 0 Å². The minimum Gasteiger partial charge on any atom is -0.397 e. The maximum atomic E-state index is 8.87. The molecule has 0 bridgehead atoms. The third-order valence-electron chi connectivity index (χ3n) is 1.87. The Kier molecular flexibility index (Phi) is 4.22. The standard InChI is InChI=1S/C10H16N2OS/c1-7(5-13)6-14-10-8(2)3-9(11)4-12-10/h3-4,7,13H,5-6,11H2,1-2H3. The van der Waals surface area contributed by atoms with Gasteiger partial charge in [0.1, 0.15) is 0 Å². The van der Waals surface area contributed by atoms with Gasteiger partial charge in [-0.15, -0.1) is 11.8 Å². The fourth-order valence-electron chi connectivity index (χ4n) is 1.01. The molecular formula is C10H16N2OS. The highest BCUT2D eigenvalue weighted by atomic mass is 32.2. The highest BCUT2D eigenvalue weighted by molar-refractivity contribution is 7.99. The van der Waals surface area contributed by atoms with Gasteiger partial charge in [-0.3, -0.25) is 0 Å². The average molecular weight is 212 g/mol. The summed E-state index contributed by atoms with van der Waals surface area (Å²) in [4.78, 5) is 4.24. The number of hydrogen-bond acceptors (Lipinski definition) is 4. The van der Waals surface area contributed by atoms with Crippen molar-refractivity contribution in [3.8, 4) is 0 Å². The van der Waals surface area contributed by atoms with Crippen LogP contribution in [0.5, 0.6) is 0 Å². The zero-order valence-corrected chi connectivity index (χ0v) is 9.34. The van der Waals surface area contributed by atoms with E-state index >= 15 is 0 Å². The Balaban J connectivity index is 2.59. The molecular weight excluding hydrogens is 196 g/mol. The maximum Gasteiger partial charge on any atom is 0.0990 e. The van der Waals surface area contributed by atoms with E-state index in [0.29, 0.717) is 11.6 Å². The molecule has 1 atom stereocenters. The molecule has 0 saturated heterocycles. The fourth-order valence-corrected chi connectivity index (χ4v) is 1.97. The van der Waals surface area contributed by atoms with Gasteiger partial charge < -0.3 is 10.8 Å². The first-order valence-electron chi connectivity index (χ1n) is 4.59. The van der Waals surface area contributed by atoms with Crippen LogP contribution in [0, 0.1) is 12.8 Å². The van der Waals surface area contributed by atoms with Crippen molar-refractivity contribution in [2.45, 2.75) is 18.9 Å². The number of hydrogen-bond donors (Lipinski definition) is 2. The summed E-state index contributed by atoms with van der Waals surface area (Å²) in [6.07, 6.45) is 1.67. The van der Waals surface area contributed by atoms with E-state index in [4.69, 9.17) is 10.8 Å². The first kappa shape index (κ1) is 11.3. The average Bonchev–Trinajstić information content (AvgIpc) is 2.16. The Morgan fingerprint density at radius 2 is 2.36 bits per heavy atom. The highest BCUT2D eigenvalue weighted by Gasteiger charge is 2.05. The molecule has 1 rings (SSSR count). The minimum absolute atomic E-state index is 0.223. The van der Waals surface area contributed by atoms with Crippen molar-refractivity contribution in [2.24, 2.45) is 5.92 Å². The molecule has 1 unspecified atom stereocenters. The van der Waals surface area contributed by atoms with Crippen LogP contribution in [0.3, 0.4) is 0 Å². The molecule has 0 fully saturated rings. The van der Waals surface area contributed by atoms with Gasteiger partial charge >= 0.3 is 0 Å². The summed E-state index contributed by atoms with van der Waals surface area (Å²) in [7, 11) is 0. The largest absolute Gasteiger partial charge is 0.397 e. The number of pyridine rings is 1. The van der Waals surface area contributed by atoms with Gasteiger partial charge in [0.2, 0.25) is 0 Å². The van der Waals surface area contributed by atoms with Gasteiger partial charge in [0.05, 0.1) is 16.9 Å². The first-order chi connectivity index (χ1) is 6.63. The molecule has 0 saturated carbocycles. The number of nitrogen functional groups attached to an aromatic ring is 1. The monoisotopic (exact) mass is 212 g/mol. The summed E-state index contributed by atoms with van der Waals surface area (Å²) in [5.74, 6) is 1.19. The second-order valence-corrected chi connectivity index (χ2v) is 4.50. The molecule has 1 aromatic rings. The van der Waals surface area contributed by atoms with Gasteiger partial charge in [0, 0.05) is 12.4 Å². The summed E-state index contributed by atoms with van der Waals surface area (Å²) in [6.45, 7) is 4.23. The number of nitrogens with two attached hydrogens (primary N) is 1. The predicted molar refractivity (Wildman–Crippen MR) is 60.4 cm³/mol. The van der Waals surface area contributed by atoms with Gasteiger partial charge in [-0.05, 0) is 24.5 Å². The van der Waals surface area contributed by atoms with Crippen LogP contribution in [0.4, 0.5) is 5.69 Å². The normalized spacial score (nSPS) is 12.8. The number of nitrogens with zero attached hydrogens (tertiary/aromatic N) is 1. The highest BCUT2D eigenvalue weighted by Crippen LogP contribution is 2.22. The van der Waals surface area contributed by atoms with Crippen LogP contribution < -0.4 is 5.73 Å². The number of anilines is 1. The lowest BCUT2D eigenvalue weighted by atomic mass is 10.2. The number of aliphatic hydroxyl groups is 1. The molecule has 0 radical (unpaired) electrons. The van der Waals surface area contributed by atoms with Crippen molar-refractivity contribution in [3.05, 3.63) is 17.8 Å². The van der Waals surface area contributed by atoms with Crippen LogP contribution in [-0.4, -0.2) is 22.5 Å². The molecule has 0 spiro atoms. The molecule has 3 N–H and O–H groups in total. The van der Waals surface area contributed by atoms with Crippen LogP contribution >= 0.6 is 11.8 Å². The summed E-state index contributed by atoms with van der Waals surface area (Å²) in [5.41, 5.74) is 7.39. The first-order valence-corrected chi connectivity index (χ1v) is 5.57. The molecule has 3 nitrogen and oxygen atoms in total. The third-order valence-corrected chi connectivity index (χ3v) is 3.30. The Labute approximate surface area is 88.7 Å². The van der Waals surface area contributed by atoms with Gasteiger partial charge in [0.15, 0.2) is 0 Å². The Morgan fingerprint density at radius 1 is 1.64 bits per heavy atom. The van der Waals surface area contributed by atoms with Crippen LogP contribution in [0.1, 0.15) is 12.5 Å². The number of thioether (sulfide) groups is 1. The Hall–Kier alpha value is -0.740. The molecule has 0 aromatic carbocycles. The van der Waals surface area contributed by atoms with Crippen molar-refractivity contribution < 1.29 is 5.11 Å². The maximum absolute atomic E-state index is 8.87. The third kappa shape index (κ3) is 3.20. The lowest BCUT2D eigenvalue weighted by molar-refractivity contribution is 0.250. The topological polar surface area (TPSA) is 59.1 Å². The van der Waals surface area contributed by atoms with Gasteiger partial charge in [0.25, 0.3) is 0 Å². The van der Waals surface area contributed by atoms with Crippen molar-refractivity contribution in [1.82, 2.24) is 4.98 Å². The van der Waals surface area contributed by atoms with Crippen molar-refractivity contribution in [2.75, 3.05) is 18.1 Å². The van der Waals surface area contributed by atoms with E-state index in [-0.39, 0.29) is 6.61 Å². The van der Waals surface area contributed by atoms with Crippen molar-refractivity contribution >= 4 is 17.4 Å². The van der Waals surface area contributed by atoms with Crippen molar-refractivity contribution in [1.29, 1.82) is 0 Å². The summed E-state index contributed by atoms with van der Waals surface area (Å²) in [6, 6.07) is 1.92. The SMILES string of the molecule is Cc1cc(N)cnc1SCC(C)CO. The van der Waals surface area contributed by atoms with E-state index in [9.17, 15) is 0 Å². The molecule has 4 heteroatoms. The quantitative estimate of drug-likeness (QED) is 0.746. The Morgan fingerprint density at radius 3 is 2.93 bits per heavy atom. The van der Waals surface area contributed by atoms with E-state index in [1.165, 1.54) is 0 Å². The summed E-state index contributed by atoms with van der Waals surface area (Å²) >= 11 is 1.66. The zero-order chi connectivity index (χ0) is 10.6. The van der Waals surface area contributed by atoms with E-state index in [2.05, 4.69) is 4.98 Å². The van der Waals surface area contributed by atoms with Crippen LogP contribution in [0.15, 0.2) is 17.3 Å². The minimum atomic E-state index is 0.223. The predicted octanol–water partition coefficient (Wildman–Crippen LogP) is 1.69. The molecule has 0 aliphatic carbocycles. The van der Waals surface area contributed by atoms with Gasteiger partial charge in [-0.1, -0.05) is 6.92 Å². The molecule has 1 aromatic heterocycles.